The van der Waals surface area contributed by atoms with Crippen molar-refractivity contribution >= 4 is 9.84 Å². The molecule has 1 fully saturated rings. The molecule has 23 heavy (non-hydrogen) atoms. The molecule has 0 radical (unpaired) electrons. The molecular weight excluding hydrogens is 314 g/mol. The average molecular weight is 337 g/mol. The lowest BCUT2D eigenvalue weighted by molar-refractivity contribution is 0.464. The highest BCUT2D eigenvalue weighted by Gasteiger charge is 2.25. The lowest BCUT2D eigenvalue weighted by atomic mass is 10.3. The van der Waals surface area contributed by atoms with E-state index < -0.39 is 9.84 Å². The quantitative estimate of drug-likeness (QED) is 0.805. The van der Waals surface area contributed by atoms with Crippen molar-refractivity contribution in [2.75, 3.05) is 0 Å². The standard InChI is InChI=1S/C15H23N5O2S/c1-3-6-14-16-17-15(19(14)2)23(21,22)11-12-9-10-20(18-12)13-7-4-5-8-13/h9-10,13H,3-8,11H2,1-2H3. The molecular formula is C15H23N5O2S. The smallest absolute Gasteiger partial charge is 0.249 e. The van der Waals surface area contributed by atoms with Gasteiger partial charge in [0.1, 0.15) is 11.6 Å². The third kappa shape index (κ3) is 3.31. The van der Waals surface area contributed by atoms with Crippen LogP contribution in [-0.4, -0.2) is 33.0 Å². The Morgan fingerprint density at radius 3 is 2.70 bits per heavy atom. The Hall–Kier alpha value is -1.70. The van der Waals surface area contributed by atoms with Crippen LogP contribution in [0.25, 0.3) is 0 Å². The lowest BCUT2D eigenvalue weighted by Crippen LogP contribution is -2.13. The van der Waals surface area contributed by atoms with Crippen LogP contribution in [0, 0.1) is 0 Å². The van der Waals surface area contributed by atoms with Gasteiger partial charge in [-0.15, -0.1) is 10.2 Å². The fourth-order valence-corrected chi connectivity index (χ4v) is 4.50. The molecule has 0 unspecified atom stereocenters. The van der Waals surface area contributed by atoms with E-state index >= 15 is 0 Å². The Bertz CT molecular complexity index is 772. The van der Waals surface area contributed by atoms with E-state index in [1.54, 1.807) is 17.7 Å². The number of aromatic nitrogens is 5. The summed E-state index contributed by atoms with van der Waals surface area (Å²) in [7, 11) is -1.83. The highest BCUT2D eigenvalue weighted by molar-refractivity contribution is 7.90. The number of rotatable bonds is 6. The van der Waals surface area contributed by atoms with Crippen molar-refractivity contribution < 1.29 is 8.42 Å². The first kappa shape index (κ1) is 16.2. The van der Waals surface area contributed by atoms with Gasteiger partial charge in [-0.1, -0.05) is 19.8 Å². The first-order valence-electron chi connectivity index (χ1n) is 8.16. The van der Waals surface area contributed by atoms with Gasteiger partial charge in [0.2, 0.25) is 15.0 Å². The summed E-state index contributed by atoms with van der Waals surface area (Å²) in [4.78, 5) is 0. The number of hydrogen-bond acceptors (Lipinski definition) is 5. The molecule has 1 aliphatic rings. The van der Waals surface area contributed by atoms with Gasteiger partial charge in [0.05, 0.1) is 11.7 Å². The van der Waals surface area contributed by atoms with E-state index in [2.05, 4.69) is 15.3 Å². The summed E-state index contributed by atoms with van der Waals surface area (Å²) in [6, 6.07) is 2.21. The molecule has 0 atom stereocenters. The van der Waals surface area contributed by atoms with E-state index in [0.717, 1.165) is 25.7 Å². The highest BCUT2D eigenvalue weighted by atomic mass is 32.2. The monoisotopic (exact) mass is 337 g/mol. The second-order valence-corrected chi connectivity index (χ2v) is 8.08. The van der Waals surface area contributed by atoms with Crippen molar-refractivity contribution in [3.05, 3.63) is 23.8 Å². The van der Waals surface area contributed by atoms with Gasteiger partial charge >= 0.3 is 0 Å². The number of hydrogen-bond donors (Lipinski definition) is 0. The summed E-state index contributed by atoms with van der Waals surface area (Å²) in [5.74, 6) is 0.563. The first-order valence-corrected chi connectivity index (χ1v) is 9.81. The molecule has 8 heteroatoms. The van der Waals surface area contributed by atoms with Crippen LogP contribution in [0.4, 0.5) is 0 Å². The predicted octanol–water partition coefficient (Wildman–Crippen LogP) is 2.05. The van der Waals surface area contributed by atoms with Crippen LogP contribution in [0.15, 0.2) is 17.4 Å². The minimum Gasteiger partial charge on any atom is -0.305 e. The second kappa shape index (κ2) is 6.43. The fourth-order valence-electron chi connectivity index (χ4n) is 3.14. The van der Waals surface area contributed by atoms with Crippen molar-refractivity contribution in [2.24, 2.45) is 7.05 Å². The van der Waals surface area contributed by atoms with Crippen molar-refractivity contribution in [1.82, 2.24) is 24.5 Å². The Morgan fingerprint density at radius 1 is 1.26 bits per heavy atom. The zero-order valence-electron chi connectivity index (χ0n) is 13.6. The molecule has 0 amide bonds. The number of sulfone groups is 1. The zero-order valence-corrected chi connectivity index (χ0v) is 14.5. The van der Waals surface area contributed by atoms with E-state index in [1.165, 1.54) is 12.8 Å². The van der Waals surface area contributed by atoms with Crippen LogP contribution in [0.3, 0.4) is 0 Å². The van der Waals surface area contributed by atoms with Gasteiger partial charge < -0.3 is 4.57 Å². The summed E-state index contributed by atoms with van der Waals surface area (Å²) in [5.41, 5.74) is 0.567. The van der Waals surface area contributed by atoms with Crippen molar-refractivity contribution in [1.29, 1.82) is 0 Å². The molecule has 3 rings (SSSR count). The molecule has 2 aromatic heterocycles. The topological polar surface area (TPSA) is 82.7 Å². The maximum absolute atomic E-state index is 12.6. The van der Waals surface area contributed by atoms with Gasteiger partial charge in [-0.3, -0.25) is 4.68 Å². The van der Waals surface area contributed by atoms with E-state index in [4.69, 9.17) is 0 Å². The molecule has 0 spiro atoms. The Kier molecular flexibility index (Phi) is 4.52. The zero-order chi connectivity index (χ0) is 16.4. The van der Waals surface area contributed by atoms with Crippen LogP contribution < -0.4 is 0 Å². The molecule has 0 N–H and O–H groups in total. The molecule has 0 bridgehead atoms. The summed E-state index contributed by atoms with van der Waals surface area (Å²) >= 11 is 0. The third-order valence-electron chi connectivity index (χ3n) is 4.38. The minimum atomic E-state index is -3.54. The van der Waals surface area contributed by atoms with Crippen LogP contribution in [0.1, 0.15) is 56.6 Å². The molecule has 126 valence electrons. The van der Waals surface area contributed by atoms with Crippen LogP contribution >= 0.6 is 0 Å². The Morgan fingerprint density at radius 2 is 2.00 bits per heavy atom. The molecule has 0 aliphatic heterocycles. The maximum Gasteiger partial charge on any atom is 0.249 e. The maximum atomic E-state index is 12.6. The SMILES string of the molecule is CCCc1nnc(S(=O)(=O)Cc2ccn(C3CCCC3)n2)n1C. The van der Waals surface area contributed by atoms with Gasteiger partial charge in [-0.2, -0.15) is 5.10 Å². The molecule has 0 saturated heterocycles. The molecule has 1 aliphatic carbocycles. The summed E-state index contributed by atoms with van der Waals surface area (Å²) < 4.78 is 28.7. The number of aryl methyl sites for hydroxylation is 1. The predicted molar refractivity (Wildman–Crippen MR) is 85.6 cm³/mol. The van der Waals surface area contributed by atoms with Crippen molar-refractivity contribution in [3.63, 3.8) is 0 Å². The summed E-state index contributed by atoms with van der Waals surface area (Å²) in [6.07, 6.45) is 8.19. The normalized spacial score (nSPS) is 16.3. The van der Waals surface area contributed by atoms with E-state index in [1.807, 2.05) is 17.8 Å². The number of nitrogens with zero attached hydrogens (tertiary/aromatic N) is 5. The van der Waals surface area contributed by atoms with Gasteiger partial charge in [0, 0.05) is 19.7 Å². The Balaban J connectivity index is 1.78. The van der Waals surface area contributed by atoms with Crippen molar-refractivity contribution in [3.8, 4) is 0 Å². The molecule has 1 saturated carbocycles. The average Bonchev–Trinajstić information content (AvgIpc) is 3.20. The first-order chi connectivity index (χ1) is 11.0. The minimum absolute atomic E-state index is 0.0244. The largest absolute Gasteiger partial charge is 0.305 e. The summed E-state index contributed by atoms with van der Waals surface area (Å²) in [6.45, 7) is 2.03. The fraction of sp³-hybridized carbons (Fsp3) is 0.667. The van der Waals surface area contributed by atoms with Crippen LogP contribution in [0.2, 0.25) is 0 Å². The Labute approximate surface area is 136 Å². The van der Waals surface area contributed by atoms with Gasteiger partial charge in [-0.25, -0.2) is 8.42 Å². The molecule has 2 aromatic rings. The second-order valence-electron chi connectivity index (χ2n) is 6.19. The summed E-state index contributed by atoms with van der Waals surface area (Å²) in [5, 5.41) is 12.3. The van der Waals surface area contributed by atoms with E-state index in [-0.39, 0.29) is 10.9 Å². The van der Waals surface area contributed by atoms with Crippen LogP contribution in [-0.2, 0) is 29.1 Å². The highest BCUT2D eigenvalue weighted by Crippen LogP contribution is 2.29. The molecule has 7 nitrogen and oxygen atoms in total. The lowest BCUT2D eigenvalue weighted by Gasteiger charge is -2.08. The van der Waals surface area contributed by atoms with Gasteiger partial charge in [0.25, 0.3) is 0 Å². The van der Waals surface area contributed by atoms with Crippen molar-refractivity contribution in [2.45, 2.75) is 62.4 Å². The van der Waals surface area contributed by atoms with E-state index in [0.29, 0.717) is 17.6 Å². The van der Waals surface area contributed by atoms with Crippen LogP contribution in [0.5, 0.6) is 0 Å². The van der Waals surface area contributed by atoms with Gasteiger partial charge in [0.15, 0.2) is 0 Å². The molecule has 0 aromatic carbocycles. The molecule has 2 heterocycles. The third-order valence-corrected chi connectivity index (χ3v) is 5.96. The van der Waals surface area contributed by atoms with Gasteiger partial charge in [-0.05, 0) is 25.3 Å². The van der Waals surface area contributed by atoms with E-state index in [9.17, 15) is 8.42 Å².